The molecule has 3 aromatic rings. The number of hydrogen-bond donors (Lipinski definition) is 1. The summed E-state index contributed by atoms with van der Waals surface area (Å²) in [5, 5.41) is 0.220. The molecule has 1 aromatic heterocycles. The topological polar surface area (TPSA) is 98.7 Å². The zero-order valence-electron chi connectivity index (χ0n) is 21.4. The lowest BCUT2D eigenvalue weighted by molar-refractivity contribution is -0.144. The van der Waals surface area contributed by atoms with E-state index in [1.165, 1.54) is 12.1 Å². The van der Waals surface area contributed by atoms with Gasteiger partial charge < -0.3 is 14.7 Å². The number of sulfonamides is 1. The molecule has 1 fully saturated rings. The molecule has 1 saturated heterocycles. The minimum atomic E-state index is -4.76. The smallest absolute Gasteiger partial charge is 0.368 e. The fourth-order valence-corrected chi connectivity index (χ4v) is 6.97. The maximum absolute atomic E-state index is 13.4. The SMILES string of the molecule is C[C@H](C(=O)N1CCN(c2ccc(S(=O)(=O)Nc3nc(C(F)(F)F)ns3)cc2)CC1)N1CCCc2cc(Cl)ccc21. The van der Waals surface area contributed by atoms with Crippen molar-refractivity contribution >= 4 is 55.6 Å². The molecule has 0 aliphatic carbocycles. The van der Waals surface area contributed by atoms with E-state index >= 15 is 0 Å². The van der Waals surface area contributed by atoms with Gasteiger partial charge in [0.1, 0.15) is 6.04 Å². The van der Waals surface area contributed by atoms with E-state index in [4.69, 9.17) is 11.6 Å². The van der Waals surface area contributed by atoms with Crippen LogP contribution in [0.25, 0.3) is 0 Å². The summed E-state index contributed by atoms with van der Waals surface area (Å²) in [5.74, 6) is -1.34. The van der Waals surface area contributed by atoms with Crippen molar-refractivity contribution in [2.45, 2.75) is 36.9 Å². The summed E-state index contributed by atoms with van der Waals surface area (Å²) in [4.78, 5) is 22.5. The molecule has 214 valence electrons. The van der Waals surface area contributed by atoms with E-state index in [2.05, 4.69) is 19.2 Å². The number of anilines is 3. The van der Waals surface area contributed by atoms with E-state index in [0.29, 0.717) is 42.7 Å². The summed E-state index contributed by atoms with van der Waals surface area (Å²) >= 11 is 6.48. The first-order valence-corrected chi connectivity index (χ1v) is 15.2. The van der Waals surface area contributed by atoms with E-state index in [0.717, 1.165) is 36.3 Å². The molecular formula is C25H26ClF3N6O3S2. The van der Waals surface area contributed by atoms with Crippen LogP contribution in [0.4, 0.5) is 29.7 Å². The summed E-state index contributed by atoms with van der Waals surface area (Å²) in [6.07, 6.45) is -2.87. The van der Waals surface area contributed by atoms with E-state index in [-0.39, 0.29) is 16.8 Å². The van der Waals surface area contributed by atoms with Gasteiger partial charge in [0, 0.05) is 60.7 Å². The molecule has 5 rings (SSSR count). The van der Waals surface area contributed by atoms with Gasteiger partial charge in [-0.15, -0.1) is 0 Å². The van der Waals surface area contributed by atoms with Crippen molar-refractivity contribution in [3.05, 3.63) is 58.9 Å². The van der Waals surface area contributed by atoms with Gasteiger partial charge in [-0.25, -0.2) is 8.42 Å². The Bertz CT molecular complexity index is 1490. The molecule has 1 atom stereocenters. The first-order valence-electron chi connectivity index (χ1n) is 12.5. The molecule has 2 aliphatic rings. The number of alkyl halides is 3. The quantitative estimate of drug-likeness (QED) is 0.437. The molecule has 0 unspecified atom stereocenters. The number of piperazine rings is 1. The van der Waals surface area contributed by atoms with Crippen molar-refractivity contribution in [2.75, 3.05) is 47.2 Å². The molecule has 0 spiro atoms. The van der Waals surface area contributed by atoms with Crippen LogP contribution in [0, 0.1) is 0 Å². The number of carbonyl (C=O) groups excluding carboxylic acids is 1. The van der Waals surface area contributed by atoms with Gasteiger partial charge in [0.05, 0.1) is 4.90 Å². The first kappa shape index (κ1) is 28.4. The highest BCUT2D eigenvalue weighted by Crippen LogP contribution is 2.32. The number of rotatable bonds is 6. The summed E-state index contributed by atoms with van der Waals surface area (Å²) in [6.45, 7) is 4.90. The lowest BCUT2D eigenvalue weighted by Gasteiger charge is -2.41. The van der Waals surface area contributed by atoms with E-state index in [1.807, 2.05) is 34.7 Å². The van der Waals surface area contributed by atoms with Gasteiger partial charge in [0.15, 0.2) is 0 Å². The molecule has 40 heavy (non-hydrogen) atoms. The van der Waals surface area contributed by atoms with Crippen LogP contribution in [0.2, 0.25) is 5.02 Å². The average Bonchev–Trinajstić information content (AvgIpc) is 3.40. The summed E-state index contributed by atoms with van der Waals surface area (Å²) in [6, 6.07) is 11.5. The van der Waals surface area contributed by atoms with Gasteiger partial charge in [-0.3, -0.25) is 9.52 Å². The van der Waals surface area contributed by atoms with Gasteiger partial charge in [0.2, 0.25) is 16.9 Å². The summed E-state index contributed by atoms with van der Waals surface area (Å²) in [7, 11) is -4.15. The van der Waals surface area contributed by atoms with Crippen LogP contribution in [0.3, 0.4) is 0 Å². The number of amides is 1. The third-order valence-corrected chi connectivity index (χ3v) is 9.38. The highest BCUT2D eigenvalue weighted by molar-refractivity contribution is 7.93. The minimum Gasteiger partial charge on any atom is -0.368 e. The molecule has 1 amide bonds. The van der Waals surface area contributed by atoms with Crippen LogP contribution in [-0.2, 0) is 27.4 Å². The zero-order chi connectivity index (χ0) is 28.7. The van der Waals surface area contributed by atoms with Crippen molar-refractivity contribution in [1.82, 2.24) is 14.3 Å². The van der Waals surface area contributed by atoms with Crippen LogP contribution < -0.4 is 14.5 Å². The normalized spacial score (nSPS) is 17.0. The number of hydrogen-bond acceptors (Lipinski definition) is 8. The van der Waals surface area contributed by atoms with Crippen molar-refractivity contribution in [3.63, 3.8) is 0 Å². The Balaban J connectivity index is 1.18. The second-order valence-corrected chi connectivity index (χ2v) is 12.4. The predicted octanol–water partition coefficient (Wildman–Crippen LogP) is 4.50. The fourth-order valence-electron chi connectivity index (χ4n) is 4.97. The molecule has 1 N–H and O–H groups in total. The Labute approximate surface area is 238 Å². The van der Waals surface area contributed by atoms with E-state index in [1.54, 1.807) is 12.1 Å². The lowest BCUT2D eigenvalue weighted by atomic mass is 10.00. The monoisotopic (exact) mass is 614 g/mol. The second kappa shape index (κ2) is 11.1. The van der Waals surface area contributed by atoms with Gasteiger partial charge in [0.25, 0.3) is 10.0 Å². The number of nitrogens with one attached hydrogen (secondary N) is 1. The van der Waals surface area contributed by atoms with Gasteiger partial charge in [-0.1, -0.05) is 11.6 Å². The molecule has 0 bridgehead atoms. The summed E-state index contributed by atoms with van der Waals surface area (Å²) < 4.78 is 68.6. The molecule has 3 heterocycles. The Hall–Kier alpha value is -3.10. The van der Waals surface area contributed by atoms with E-state index in [9.17, 15) is 26.4 Å². The Kier molecular flexibility index (Phi) is 7.86. The molecule has 0 radical (unpaired) electrons. The number of aromatic nitrogens is 2. The fraction of sp³-hybridized carbons (Fsp3) is 0.400. The van der Waals surface area contributed by atoms with Gasteiger partial charge in [-0.05, 0) is 67.8 Å². The predicted molar refractivity (Wildman–Crippen MR) is 148 cm³/mol. The van der Waals surface area contributed by atoms with Gasteiger partial charge in [-0.2, -0.15) is 22.5 Å². The largest absolute Gasteiger partial charge is 0.452 e. The number of halogens is 4. The maximum Gasteiger partial charge on any atom is 0.452 e. The van der Waals surface area contributed by atoms with Crippen LogP contribution in [-0.4, -0.2) is 67.3 Å². The third kappa shape index (κ3) is 5.98. The Morgan fingerprint density at radius 3 is 2.42 bits per heavy atom. The standard InChI is InChI=1S/C25H26ClF3N6O3S2/c1-16(35-10-2-3-17-15-18(26)4-9-21(17)35)22(36)34-13-11-33(12-14-34)19-5-7-20(8-6-19)40(37,38)32-24-30-23(31-39-24)25(27,28)29/h4-9,15-16H,2-3,10-14H2,1H3,(H,30,31,32)/t16-/m1/s1. The molecule has 15 heteroatoms. The third-order valence-electron chi connectivity index (χ3n) is 7.03. The number of aryl methyl sites for hydroxylation is 1. The molecular weight excluding hydrogens is 589 g/mol. The van der Waals surface area contributed by atoms with Crippen LogP contribution >= 0.6 is 23.1 Å². The molecule has 2 aliphatic heterocycles. The number of carbonyl (C=O) groups is 1. The second-order valence-electron chi connectivity index (χ2n) is 9.58. The van der Waals surface area contributed by atoms with Crippen molar-refractivity contribution in [2.24, 2.45) is 0 Å². The molecule has 0 saturated carbocycles. The van der Waals surface area contributed by atoms with Crippen LogP contribution in [0.5, 0.6) is 0 Å². The Morgan fingerprint density at radius 2 is 1.77 bits per heavy atom. The van der Waals surface area contributed by atoms with Crippen molar-refractivity contribution in [1.29, 1.82) is 0 Å². The minimum absolute atomic E-state index is 0.0559. The first-order chi connectivity index (χ1) is 18.9. The van der Waals surface area contributed by atoms with Crippen molar-refractivity contribution in [3.8, 4) is 0 Å². The van der Waals surface area contributed by atoms with Gasteiger partial charge >= 0.3 is 6.18 Å². The number of fused-ring (bicyclic) bond motifs is 1. The maximum atomic E-state index is 13.4. The van der Waals surface area contributed by atoms with Crippen LogP contribution in [0.1, 0.15) is 24.7 Å². The lowest BCUT2D eigenvalue weighted by Crippen LogP contribution is -2.55. The molecule has 9 nitrogen and oxygen atoms in total. The number of nitrogens with zero attached hydrogens (tertiary/aromatic N) is 5. The number of benzene rings is 2. The average molecular weight is 615 g/mol. The van der Waals surface area contributed by atoms with Crippen molar-refractivity contribution < 1.29 is 26.4 Å². The van der Waals surface area contributed by atoms with Crippen LogP contribution in [0.15, 0.2) is 47.4 Å². The zero-order valence-corrected chi connectivity index (χ0v) is 23.7. The molecule has 2 aromatic carbocycles. The Morgan fingerprint density at radius 1 is 1.07 bits per heavy atom. The highest BCUT2D eigenvalue weighted by Gasteiger charge is 2.36. The van der Waals surface area contributed by atoms with E-state index < -0.39 is 27.2 Å². The highest BCUT2D eigenvalue weighted by atomic mass is 35.5. The summed E-state index contributed by atoms with van der Waals surface area (Å²) in [5.41, 5.74) is 2.97.